The van der Waals surface area contributed by atoms with Crippen molar-refractivity contribution in [3.63, 3.8) is 0 Å². The predicted octanol–water partition coefficient (Wildman–Crippen LogP) is 19.3. The van der Waals surface area contributed by atoms with Gasteiger partial charge in [-0.3, -0.25) is 0 Å². The lowest BCUT2D eigenvalue weighted by Crippen LogP contribution is -2.18. The molecule has 73 heavy (non-hydrogen) atoms. The number of hydrogen-bond donors (Lipinski definition) is 0. The minimum atomic E-state index is 0.888. The average Bonchev–Trinajstić information content (AvgIpc) is 3.78. The Kier molecular flexibility index (Phi) is 11.3. The highest BCUT2D eigenvalue weighted by molar-refractivity contribution is 6.17. The summed E-state index contributed by atoms with van der Waals surface area (Å²) in [6.07, 6.45) is 3.04. The summed E-state index contributed by atoms with van der Waals surface area (Å²) in [4.78, 5) is 7.62. The molecule has 0 fully saturated rings. The molecule has 12 aromatic carbocycles. The highest BCUT2D eigenvalue weighted by Gasteiger charge is 2.22. The summed E-state index contributed by atoms with van der Waals surface area (Å²) in [5.41, 5.74) is 10.8. The Morgan fingerprint density at radius 3 is 0.932 bits per heavy atom. The number of fused-ring (bicyclic) bond motifs is 12. The number of hydrogen-bond acceptors (Lipinski definition) is 3. The summed E-state index contributed by atoms with van der Waals surface area (Å²) in [6, 6.07) is 84.1. The summed E-state index contributed by atoms with van der Waals surface area (Å²) in [5.74, 6) is 0. The zero-order valence-electron chi connectivity index (χ0n) is 41.9. The monoisotopic (exact) mass is 942 g/mol. The second kappa shape index (κ2) is 18.5. The molecule has 4 heteroatoms. The molecule has 0 bridgehead atoms. The fraction of sp³-hybridized carbons (Fsp3) is 0.130. The summed E-state index contributed by atoms with van der Waals surface area (Å²) in [6.45, 7) is 9.54. The van der Waals surface area contributed by atoms with Crippen LogP contribution in [-0.2, 0) is 0 Å². The second-order valence-electron chi connectivity index (χ2n) is 19.7. The van der Waals surface area contributed by atoms with Gasteiger partial charge in [-0.2, -0.15) is 0 Å². The van der Waals surface area contributed by atoms with E-state index in [0.29, 0.717) is 0 Å². The maximum Gasteiger partial charge on any atom is 0.0542 e. The standard InChI is InChI=1S/C69H58N4/c1-4-39-70(67-42-47-19-7-10-22-54(47)57-25-13-16-28-60(57)67)50-31-33-51(34-32-50)73-65-37-35-52(71(40-5-2)68-43-48-20-8-11-23-55(48)58-26-14-17-29-61(58)68)45-63(65)64-46-53(36-38-66(64)73)72(41-6-3)69-44-49-21-9-12-24-56(49)59-27-15-18-30-62(59)69/h7-38,42-46H,4-6,39-41H2,1-3H3. The smallest absolute Gasteiger partial charge is 0.0542 e. The van der Waals surface area contributed by atoms with Gasteiger partial charge >= 0.3 is 0 Å². The first-order valence-electron chi connectivity index (χ1n) is 26.3. The minimum Gasteiger partial charge on any atom is -0.341 e. The number of nitrogens with zero attached hydrogens (tertiary/aromatic N) is 4. The predicted molar refractivity (Wildman–Crippen MR) is 317 cm³/mol. The molecule has 354 valence electrons. The van der Waals surface area contributed by atoms with Gasteiger partial charge in [-0.25, -0.2) is 0 Å². The molecule has 1 aromatic heterocycles. The first kappa shape index (κ1) is 44.3. The van der Waals surface area contributed by atoms with Crippen molar-refractivity contribution < 1.29 is 0 Å². The topological polar surface area (TPSA) is 14.7 Å². The molecule has 0 N–H and O–H groups in total. The molecule has 0 spiro atoms. The third-order valence-electron chi connectivity index (χ3n) is 15.2. The highest BCUT2D eigenvalue weighted by atomic mass is 15.1. The largest absolute Gasteiger partial charge is 0.341 e. The molecule has 0 aliphatic rings. The third-order valence-corrected chi connectivity index (χ3v) is 15.2. The van der Waals surface area contributed by atoms with E-state index in [2.05, 4.69) is 264 Å². The molecule has 0 unspecified atom stereocenters. The van der Waals surface area contributed by atoms with Crippen molar-refractivity contribution in [2.75, 3.05) is 34.3 Å². The molecule has 0 aliphatic heterocycles. The Balaban J connectivity index is 1.00. The Bertz CT molecular complexity index is 4040. The lowest BCUT2D eigenvalue weighted by atomic mass is 9.99. The van der Waals surface area contributed by atoms with Crippen LogP contribution in [0.15, 0.2) is 224 Å². The van der Waals surface area contributed by atoms with E-state index in [-0.39, 0.29) is 0 Å². The number of anilines is 6. The van der Waals surface area contributed by atoms with Crippen molar-refractivity contribution in [3.8, 4) is 5.69 Å². The molecule has 0 radical (unpaired) electrons. The van der Waals surface area contributed by atoms with Crippen LogP contribution in [0.1, 0.15) is 40.0 Å². The van der Waals surface area contributed by atoms with Crippen molar-refractivity contribution >= 4 is 121 Å². The van der Waals surface area contributed by atoms with E-state index in [9.17, 15) is 0 Å². The van der Waals surface area contributed by atoms with Gasteiger partial charge in [-0.05, 0) is 147 Å². The van der Waals surface area contributed by atoms with Crippen LogP contribution in [0.3, 0.4) is 0 Å². The molecule has 0 aliphatic carbocycles. The van der Waals surface area contributed by atoms with Gasteiger partial charge in [0.05, 0.1) is 11.0 Å². The quantitative estimate of drug-likeness (QED) is 0.107. The zero-order chi connectivity index (χ0) is 49.0. The maximum absolute atomic E-state index is 2.56. The van der Waals surface area contributed by atoms with E-state index in [0.717, 1.165) is 44.6 Å². The van der Waals surface area contributed by atoms with Gasteiger partial charge < -0.3 is 19.3 Å². The molecular formula is C69H58N4. The average molecular weight is 943 g/mol. The summed E-state index contributed by atoms with van der Waals surface area (Å²) >= 11 is 0. The number of aromatic nitrogens is 1. The molecular weight excluding hydrogens is 885 g/mol. The summed E-state index contributed by atoms with van der Waals surface area (Å²) < 4.78 is 2.49. The van der Waals surface area contributed by atoms with E-state index in [1.165, 1.54) is 121 Å². The van der Waals surface area contributed by atoms with Gasteiger partial charge in [0, 0.05) is 86.4 Å². The van der Waals surface area contributed by atoms with E-state index >= 15 is 0 Å². The molecule has 1 heterocycles. The Labute approximate surface area is 427 Å². The van der Waals surface area contributed by atoms with Crippen LogP contribution in [0.4, 0.5) is 34.1 Å². The lowest BCUT2D eigenvalue weighted by Gasteiger charge is -2.27. The van der Waals surface area contributed by atoms with Crippen molar-refractivity contribution in [1.29, 1.82) is 0 Å². The van der Waals surface area contributed by atoms with Crippen LogP contribution in [0, 0.1) is 0 Å². The molecule has 4 nitrogen and oxygen atoms in total. The molecule has 0 atom stereocenters. The fourth-order valence-electron chi connectivity index (χ4n) is 12.0. The van der Waals surface area contributed by atoms with Crippen LogP contribution in [0.2, 0.25) is 0 Å². The van der Waals surface area contributed by atoms with Gasteiger partial charge in [0.15, 0.2) is 0 Å². The van der Waals surface area contributed by atoms with E-state index < -0.39 is 0 Å². The van der Waals surface area contributed by atoms with Gasteiger partial charge in [-0.1, -0.05) is 166 Å². The van der Waals surface area contributed by atoms with Crippen LogP contribution in [0.25, 0.3) is 92.1 Å². The highest BCUT2D eigenvalue weighted by Crippen LogP contribution is 2.45. The van der Waals surface area contributed by atoms with Gasteiger partial charge in [0.2, 0.25) is 0 Å². The molecule has 0 amide bonds. The van der Waals surface area contributed by atoms with Crippen molar-refractivity contribution in [3.05, 3.63) is 224 Å². The Morgan fingerprint density at radius 1 is 0.274 bits per heavy atom. The number of benzene rings is 12. The molecule has 13 rings (SSSR count). The molecule has 0 saturated carbocycles. The van der Waals surface area contributed by atoms with Crippen LogP contribution >= 0.6 is 0 Å². The summed E-state index contributed by atoms with van der Waals surface area (Å²) in [7, 11) is 0. The van der Waals surface area contributed by atoms with Gasteiger partial charge in [0.1, 0.15) is 0 Å². The van der Waals surface area contributed by atoms with Gasteiger partial charge in [-0.15, -0.1) is 0 Å². The van der Waals surface area contributed by atoms with E-state index in [4.69, 9.17) is 0 Å². The van der Waals surface area contributed by atoms with Crippen LogP contribution in [-0.4, -0.2) is 24.2 Å². The van der Waals surface area contributed by atoms with E-state index in [1.807, 2.05) is 0 Å². The normalized spacial score (nSPS) is 11.8. The van der Waals surface area contributed by atoms with Gasteiger partial charge in [0.25, 0.3) is 0 Å². The van der Waals surface area contributed by atoms with Crippen molar-refractivity contribution in [2.24, 2.45) is 0 Å². The lowest BCUT2D eigenvalue weighted by molar-refractivity contribution is 0.888. The first-order chi connectivity index (χ1) is 36.1. The fourth-order valence-corrected chi connectivity index (χ4v) is 12.0. The third kappa shape index (κ3) is 7.51. The first-order valence-corrected chi connectivity index (χ1v) is 26.3. The molecule has 13 aromatic rings. The van der Waals surface area contributed by atoms with Crippen molar-refractivity contribution in [2.45, 2.75) is 40.0 Å². The molecule has 0 saturated heterocycles. The summed E-state index contributed by atoms with van der Waals surface area (Å²) in [5, 5.41) is 17.8. The minimum absolute atomic E-state index is 0.888. The van der Waals surface area contributed by atoms with Crippen LogP contribution < -0.4 is 14.7 Å². The SMILES string of the molecule is CCCN(c1ccc(-n2c3ccc(N(CCC)c4cc5ccccc5c5ccccc45)cc3c3cc(N(CCC)c4cc5ccccc5c5ccccc45)ccc32)cc1)c1cc2ccccc2c2ccccc12. The van der Waals surface area contributed by atoms with Crippen LogP contribution in [0.5, 0.6) is 0 Å². The Hall–Kier alpha value is -8.60. The zero-order valence-corrected chi connectivity index (χ0v) is 41.9. The second-order valence-corrected chi connectivity index (χ2v) is 19.7. The van der Waals surface area contributed by atoms with Crippen molar-refractivity contribution in [1.82, 2.24) is 4.57 Å². The number of rotatable bonds is 13. The Morgan fingerprint density at radius 2 is 0.575 bits per heavy atom. The maximum atomic E-state index is 2.56. The van der Waals surface area contributed by atoms with E-state index in [1.54, 1.807) is 0 Å².